The van der Waals surface area contributed by atoms with E-state index >= 15 is 0 Å². The molecule has 1 aromatic rings. The molecule has 6 heteroatoms. The zero-order valence-corrected chi connectivity index (χ0v) is 15.5. The summed E-state index contributed by atoms with van der Waals surface area (Å²) in [5.74, 6) is 2.60. The van der Waals surface area contributed by atoms with Gasteiger partial charge in [0.1, 0.15) is 11.5 Å². The lowest BCUT2D eigenvalue weighted by Gasteiger charge is -2.43. The maximum absolute atomic E-state index is 5.66. The van der Waals surface area contributed by atoms with E-state index in [2.05, 4.69) is 22.3 Å². The van der Waals surface area contributed by atoms with Crippen LogP contribution in [0.2, 0.25) is 0 Å². The quantitative estimate of drug-likeness (QED) is 0.871. The van der Waals surface area contributed by atoms with Gasteiger partial charge in [0.2, 0.25) is 0 Å². The highest BCUT2D eigenvalue weighted by molar-refractivity contribution is 5.85. The topological polar surface area (TPSA) is 33.7 Å². The van der Waals surface area contributed by atoms with Gasteiger partial charge in [0.15, 0.2) is 0 Å². The molecule has 1 aromatic carbocycles. The fraction of sp³-hybridized carbons (Fsp3) is 0.647. The Kier molecular flexibility index (Phi) is 8.48. The number of benzene rings is 1. The second-order valence-corrected chi connectivity index (χ2v) is 6.03. The van der Waals surface area contributed by atoms with Gasteiger partial charge in [-0.15, -0.1) is 24.8 Å². The molecule has 0 unspecified atom stereocenters. The number of methoxy groups -OCH3 is 2. The van der Waals surface area contributed by atoms with Crippen molar-refractivity contribution < 1.29 is 9.47 Å². The Labute approximate surface area is 151 Å². The van der Waals surface area contributed by atoms with E-state index in [1.807, 2.05) is 6.07 Å². The fourth-order valence-corrected chi connectivity index (χ4v) is 3.53. The lowest BCUT2D eigenvalue weighted by Crippen LogP contribution is -2.47. The third-order valence-electron chi connectivity index (χ3n) is 4.90. The van der Waals surface area contributed by atoms with Crippen molar-refractivity contribution in [2.45, 2.75) is 25.3 Å². The average molecular weight is 363 g/mol. The van der Waals surface area contributed by atoms with Gasteiger partial charge in [-0.2, -0.15) is 0 Å². The predicted octanol–water partition coefficient (Wildman–Crippen LogP) is 3.29. The van der Waals surface area contributed by atoms with Crippen LogP contribution in [-0.2, 0) is 0 Å². The van der Waals surface area contributed by atoms with Crippen LogP contribution in [0.1, 0.15) is 30.9 Å². The van der Waals surface area contributed by atoms with Crippen LogP contribution in [0.25, 0.3) is 0 Å². The molecule has 1 saturated carbocycles. The molecule has 1 heterocycles. The number of nitrogens with one attached hydrogen (secondary N) is 1. The van der Waals surface area contributed by atoms with Crippen molar-refractivity contribution >= 4 is 24.8 Å². The molecule has 0 radical (unpaired) electrons. The zero-order valence-electron chi connectivity index (χ0n) is 13.9. The SMILES string of the molecule is COc1ccc([C@H](C2CCC2)N2CCNCC2)c(OC)c1.Cl.Cl. The third kappa shape index (κ3) is 4.44. The van der Waals surface area contributed by atoms with Gasteiger partial charge in [-0.1, -0.05) is 12.5 Å². The van der Waals surface area contributed by atoms with Gasteiger partial charge in [0.05, 0.1) is 14.2 Å². The van der Waals surface area contributed by atoms with Crippen LogP contribution < -0.4 is 14.8 Å². The highest BCUT2D eigenvalue weighted by Gasteiger charge is 2.35. The molecule has 132 valence electrons. The first-order chi connectivity index (χ1) is 10.3. The van der Waals surface area contributed by atoms with Crippen LogP contribution in [0, 0.1) is 5.92 Å². The Hall–Kier alpha value is -0.680. The average Bonchev–Trinajstić information content (AvgIpc) is 2.51. The summed E-state index contributed by atoms with van der Waals surface area (Å²) >= 11 is 0. The Balaban J connectivity index is 0.00000132. The lowest BCUT2D eigenvalue weighted by atomic mass is 9.76. The molecule has 1 N–H and O–H groups in total. The zero-order chi connectivity index (χ0) is 14.7. The minimum absolute atomic E-state index is 0. The van der Waals surface area contributed by atoms with Gasteiger partial charge in [-0.3, -0.25) is 4.90 Å². The molecule has 0 spiro atoms. The molecule has 1 atom stereocenters. The fourth-order valence-electron chi connectivity index (χ4n) is 3.53. The van der Waals surface area contributed by atoms with Gasteiger partial charge >= 0.3 is 0 Å². The normalized spacial score (nSPS) is 19.7. The largest absolute Gasteiger partial charge is 0.497 e. The smallest absolute Gasteiger partial charge is 0.127 e. The summed E-state index contributed by atoms with van der Waals surface area (Å²) in [6.07, 6.45) is 4.04. The number of piperazine rings is 1. The van der Waals surface area contributed by atoms with Gasteiger partial charge < -0.3 is 14.8 Å². The van der Waals surface area contributed by atoms with Crippen molar-refractivity contribution in [2.24, 2.45) is 5.92 Å². The molecule has 1 aliphatic heterocycles. The maximum atomic E-state index is 5.66. The summed E-state index contributed by atoms with van der Waals surface area (Å²) in [6.45, 7) is 4.41. The minimum Gasteiger partial charge on any atom is -0.497 e. The number of ether oxygens (including phenoxy) is 2. The van der Waals surface area contributed by atoms with E-state index in [9.17, 15) is 0 Å². The minimum atomic E-state index is 0. The first-order valence-electron chi connectivity index (χ1n) is 8.00. The molecule has 2 aliphatic rings. The van der Waals surface area contributed by atoms with Crippen molar-refractivity contribution in [3.8, 4) is 11.5 Å². The molecule has 23 heavy (non-hydrogen) atoms. The first kappa shape index (κ1) is 20.4. The molecule has 0 bridgehead atoms. The summed E-state index contributed by atoms with van der Waals surface area (Å²) in [5.41, 5.74) is 1.32. The standard InChI is InChI=1S/C17H26N2O2.2ClH/c1-20-14-6-7-15(16(12-14)21-2)17(13-4-3-5-13)19-10-8-18-9-11-19;;/h6-7,12-13,17-18H,3-5,8-11H2,1-2H3;2*1H/t17-;;/m0../s1. The summed E-state index contributed by atoms with van der Waals surface area (Å²) in [6, 6.07) is 6.76. The Morgan fingerprint density at radius 3 is 2.30 bits per heavy atom. The van der Waals surface area contributed by atoms with E-state index in [1.165, 1.54) is 24.8 Å². The molecule has 3 rings (SSSR count). The number of hydrogen-bond donors (Lipinski definition) is 1. The van der Waals surface area contributed by atoms with Gasteiger partial charge in [-0.25, -0.2) is 0 Å². The highest BCUT2D eigenvalue weighted by atomic mass is 35.5. The van der Waals surface area contributed by atoms with Gasteiger partial charge in [0, 0.05) is 43.9 Å². The third-order valence-corrected chi connectivity index (χ3v) is 4.90. The van der Waals surface area contributed by atoms with Gasteiger partial charge in [-0.05, 0) is 24.8 Å². The summed E-state index contributed by atoms with van der Waals surface area (Å²) in [4.78, 5) is 2.63. The summed E-state index contributed by atoms with van der Waals surface area (Å²) in [7, 11) is 3.46. The first-order valence-corrected chi connectivity index (χ1v) is 8.00. The van der Waals surface area contributed by atoms with E-state index in [-0.39, 0.29) is 24.8 Å². The van der Waals surface area contributed by atoms with Crippen LogP contribution in [0.4, 0.5) is 0 Å². The second-order valence-electron chi connectivity index (χ2n) is 6.03. The van der Waals surface area contributed by atoms with Crippen LogP contribution in [-0.4, -0.2) is 45.3 Å². The second kappa shape index (κ2) is 9.58. The highest BCUT2D eigenvalue weighted by Crippen LogP contribution is 2.44. The summed E-state index contributed by atoms with van der Waals surface area (Å²) in [5, 5.41) is 3.45. The number of hydrogen-bond acceptors (Lipinski definition) is 4. The van der Waals surface area contributed by atoms with Crippen molar-refractivity contribution in [2.75, 3.05) is 40.4 Å². The van der Waals surface area contributed by atoms with E-state index in [1.54, 1.807) is 14.2 Å². The van der Waals surface area contributed by atoms with Crippen LogP contribution >= 0.6 is 24.8 Å². The van der Waals surface area contributed by atoms with Crippen molar-refractivity contribution in [3.63, 3.8) is 0 Å². The molecular weight excluding hydrogens is 335 g/mol. The number of rotatable bonds is 5. The monoisotopic (exact) mass is 362 g/mol. The maximum Gasteiger partial charge on any atom is 0.127 e. The van der Waals surface area contributed by atoms with Crippen LogP contribution in [0.3, 0.4) is 0 Å². The Morgan fingerprint density at radius 2 is 1.78 bits per heavy atom. The molecule has 0 amide bonds. The molecule has 0 aromatic heterocycles. The van der Waals surface area contributed by atoms with Crippen molar-refractivity contribution in [3.05, 3.63) is 23.8 Å². The molecular formula is C17H28Cl2N2O2. The molecule has 4 nitrogen and oxygen atoms in total. The summed E-state index contributed by atoms with van der Waals surface area (Å²) < 4.78 is 11.0. The van der Waals surface area contributed by atoms with E-state index in [0.29, 0.717) is 6.04 Å². The van der Waals surface area contributed by atoms with Gasteiger partial charge in [0.25, 0.3) is 0 Å². The van der Waals surface area contributed by atoms with E-state index in [4.69, 9.17) is 9.47 Å². The number of nitrogens with zero attached hydrogens (tertiary/aromatic N) is 1. The number of halogens is 2. The van der Waals surface area contributed by atoms with Crippen molar-refractivity contribution in [1.82, 2.24) is 10.2 Å². The van der Waals surface area contributed by atoms with E-state index in [0.717, 1.165) is 43.6 Å². The Morgan fingerprint density at radius 1 is 1.09 bits per heavy atom. The van der Waals surface area contributed by atoms with Crippen LogP contribution in [0.15, 0.2) is 18.2 Å². The van der Waals surface area contributed by atoms with E-state index < -0.39 is 0 Å². The molecule has 1 saturated heterocycles. The van der Waals surface area contributed by atoms with Crippen LogP contribution in [0.5, 0.6) is 11.5 Å². The lowest BCUT2D eigenvalue weighted by molar-refractivity contribution is 0.0818. The predicted molar refractivity (Wildman–Crippen MR) is 98.6 cm³/mol. The van der Waals surface area contributed by atoms with Crippen molar-refractivity contribution in [1.29, 1.82) is 0 Å². The Bertz CT molecular complexity index is 478. The molecule has 2 fully saturated rings. The molecule has 1 aliphatic carbocycles.